The zero-order valence-electron chi connectivity index (χ0n) is 11.8. The first-order valence-corrected chi connectivity index (χ1v) is 7.53. The lowest BCUT2D eigenvalue weighted by Crippen LogP contribution is -2.50. The molecule has 0 bridgehead atoms. The monoisotopic (exact) mass is 284 g/mol. The summed E-state index contributed by atoms with van der Waals surface area (Å²) in [5.41, 5.74) is 0. The van der Waals surface area contributed by atoms with Crippen LogP contribution in [0.2, 0.25) is 0 Å². The Morgan fingerprint density at radius 1 is 1.15 bits per heavy atom. The quantitative estimate of drug-likeness (QED) is 0.797. The van der Waals surface area contributed by atoms with E-state index in [2.05, 4.69) is 0 Å². The van der Waals surface area contributed by atoms with Crippen LogP contribution in [0.15, 0.2) is 0 Å². The highest BCUT2D eigenvalue weighted by Gasteiger charge is 2.37. The summed E-state index contributed by atoms with van der Waals surface area (Å²) in [5.74, 6) is -0.877. The van der Waals surface area contributed by atoms with Crippen molar-refractivity contribution in [2.45, 2.75) is 57.0 Å². The number of carboxylic acid groups (broad SMARTS) is 1. The molecule has 0 aromatic carbocycles. The van der Waals surface area contributed by atoms with Gasteiger partial charge in [0.1, 0.15) is 0 Å². The molecule has 0 aromatic heterocycles. The maximum absolute atomic E-state index is 12.7. The maximum Gasteiger partial charge on any atom is 0.320 e. The number of hydrogen-bond acceptors (Lipinski definition) is 3. The fourth-order valence-electron chi connectivity index (χ4n) is 2.82. The third kappa shape index (κ3) is 3.85. The number of likely N-dealkylation sites (tertiary alicyclic amines) is 1. The first-order chi connectivity index (χ1) is 9.63. The predicted octanol–water partition coefficient (Wildman–Crippen LogP) is 1.28. The molecule has 6 nitrogen and oxygen atoms in total. The Morgan fingerprint density at radius 2 is 1.90 bits per heavy atom. The molecule has 1 atom stereocenters. The highest BCUT2D eigenvalue weighted by Crippen LogP contribution is 2.29. The molecule has 114 valence electrons. The van der Waals surface area contributed by atoms with E-state index in [1.165, 1.54) is 0 Å². The van der Waals surface area contributed by atoms with Crippen LogP contribution in [-0.2, 0) is 4.79 Å². The van der Waals surface area contributed by atoms with Gasteiger partial charge in [-0.25, -0.2) is 4.79 Å². The van der Waals surface area contributed by atoms with Crippen LogP contribution in [0.4, 0.5) is 4.79 Å². The van der Waals surface area contributed by atoms with Gasteiger partial charge in [-0.3, -0.25) is 4.79 Å². The van der Waals surface area contributed by atoms with Crippen molar-refractivity contribution in [1.82, 2.24) is 9.80 Å². The Balaban J connectivity index is 2.02. The van der Waals surface area contributed by atoms with Crippen LogP contribution in [0, 0.1) is 0 Å². The lowest BCUT2D eigenvalue weighted by atomic mass is 10.1. The van der Waals surface area contributed by atoms with Gasteiger partial charge in [-0.15, -0.1) is 0 Å². The Kier molecular flexibility index (Phi) is 5.23. The minimum Gasteiger partial charge on any atom is -0.481 e. The van der Waals surface area contributed by atoms with E-state index < -0.39 is 5.97 Å². The minimum absolute atomic E-state index is 0.0107. The molecule has 1 saturated heterocycles. The number of urea groups is 1. The molecule has 2 rings (SSSR count). The number of nitrogens with zero attached hydrogens (tertiary/aromatic N) is 2. The number of aliphatic hydroxyl groups excluding tert-OH is 1. The number of hydrogen-bond donors (Lipinski definition) is 2. The first-order valence-electron chi connectivity index (χ1n) is 7.53. The molecule has 1 aliphatic carbocycles. The smallest absolute Gasteiger partial charge is 0.320 e. The van der Waals surface area contributed by atoms with Crippen molar-refractivity contribution in [3.8, 4) is 0 Å². The van der Waals surface area contributed by atoms with Crippen molar-refractivity contribution in [2.24, 2.45) is 0 Å². The summed E-state index contributed by atoms with van der Waals surface area (Å²) in [4.78, 5) is 26.8. The van der Waals surface area contributed by atoms with Crippen molar-refractivity contribution in [3.05, 3.63) is 0 Å². The predicted molar refractivity (Wildman–Crippen MR) is 73.4 cm³/mol. The number of aliphatic carboxylic acids is 1. The van der Waals surface area contributed by atoms with Gasteiger partial charge in [0.2, 0.25) is 0 Å². The number of amides is 2. The molecule has 0 spiro atoms. The number of rotatable bonds is 5. The van der Waals surface area contributed by atoms with E-state index >= 15 is 0 Å². The van der Waals surface area contributed by atoms with E-state index in [-0.39, 0.29) is 37.7 Å². The number of carbonyl (C=O) groups is 2. The molecule has 1 saturated carbocycles. The lowest BCUT2D eigenvalue weighted by Gasteiger charge is -2.34. The second-order valence-electron chi connectivity index (χ2n) is 5.73. The van der Waals surface area contributed by atoms with E-state index in [1.54, 1.807) is 9.80 Å². The number of carboxylic acids is 1. The van der Waals surface area contributed by atoms with Crippen molar-refractivity contribution < 1.29 is 19.8 Å². The van der Waals surface area contributed by atoms with E-state index in [9.17, 15) is 14.7 Å². The molecule has 2 aliphatic rings. The van der Waals surface area contributed by atoms with E-state index in [0.29, 0.717) is 6.54 Å². The normalized spacial score (nSPS) is 23.2. The Hall–Kier alpha value is -1.30. The van der Waals surface area contributed by atoms with Gasteiger partial charge in [-0.2, -0.15) is 0 Å². The third-order valence-corrected chi connectivity index (χ3v) is 4.13. The molecule has 1 unspecified atom stereocenters. The van der Waals surface area contributed by atoms with Gasteiger partial charge < -0.3 is 20.0 Å². The molecule has 2 amide bonds. The first kappa shape index (κ1) is 15.1. The van der Waals surface area contributed by atoms with E-state index in [4.69, 9.17) is 5.11 Å². The molecule has 0 aromatic rings. The number of carbonyl (C=O) groups excluding carboxylic acids is 1. The van der Waals surface area contributed by atoms with Crippen LogP contribution < -0.4 is 0 Å². The topological polar surface area (TPSA) is 81.1 Å². The Labute approximate surface area is 119 Å². The molecular formula is C14H24N2O4. The lowest BCUT2D eigenvalue weighted by molar-refractivity contribution is -0.137. The van der Waals surface area contributed by atoms with Gasteiger partial charge in [0.05, 0.1) is 19.1 Å². The molecule has 1 aliphatic heterocycles. The molecule has 6 heteroatoms. The zero-order chi connectivity index (χ0) is 14.5. The second-order valence-corrected chi connectivity index (χ2v) is 5.73. The average Bonchev–Trinajstić information content (AvgIpc) is 3.24. The maximum atomic E-state index is 12.7. The molecule has 1 heterocycles. The van der Waals surface area contributed by atoms with Crippen LogP contribution in [0.25, 0.3) is 0 Å². The summed E-state index contributed by atoms with van der Waals surface area (Å²) in [6, 6.07) is -0.00442. The Morgan fingerprint density at radius 3 is 2.50 bits per heavy atom. The molecule has 20 heavy (non-hydrogen) atoms. The highest BCUT2D eigenvalue weighted by atomic mass is 16.4. The summed E-state index contributed by atoms with van der Waals surface area (Å²) in [7, 11) is 0. The molecule has 0 radical (unpaired) electrons. The Bertz CT molecular complexity index is 357. The highest BCUT2D eigenvalue weighted by molar-refractivity contribution is 5.76. The fourth-order valence-corrected chi connectivity index (χ4v) is 2.82. The summed E-state index contributed by atoms with van der Waals surface area (Å²) in [6.07, 6.45) is 5.82. The van der Waals surface area contributed by atoms with Crippen molar-refractivity contribution in [2.75, 3.05) is 19.7 Å². The van der Waals surface area contributed by atoms with Crippen molar-refractivity contribution in [3.63, 3.8) is 0 Å². The van der Waals surface area contributed by atoms with Crippen LogP contribution in [0.1, 0.15) is 44.9 Å². The van der Waals surface area contributed by atoms with Gasteiger partial charge in [0, 0.05) is 19.1 Å². The fraction of sp³-hybridized carbons (Fsp3) is 0.857. The minimum atomic E-state index is -0.877. The summed E-state index contributed by atoms with van der Waals surface area (Å²) < 4.78 is 0. The van der Waals surface area contributed by atoms with Gasteiger partial charge in [-0.05, 0) is 25.7 Å². The molecular weight excluding hydrogens is 260 g/mol. The molecule has 2 fully saturated rings. The summed E-state index contributed by atoms with van der Waals surface area (Å²) in [6.45, 7) is 0.928. The summed E-state index contributed by atoms with van der Waals surface area (Å²) >= 11 is 0. The third-order valence-electron chi connectivity index (χ3n) is 4.13. The standard InChI is InChI=1S/C14H24N2O4/c17-10-12-4-2-1-3-8-15(12)14(20)16(11-5-6-11)9-7-13(18)19/h11-12,17H,1-10H2,(H,18,19). The van der Waals surface area contributed by atoms with Gasteiger partial charge in [0.15, 0.2) is 0 Å². The zero-order valence-corrected chi connectivity index (χ0v) is 11.8. The van der Waals surface area contributed by atoms with Gasteiger partial charge >= 0.3 is 12.0 Å². The van der Waals surface area contributed by atoms with Gasteiger partial charge in [-0.1, -0.05) is 12.8 Å². The van der Waals surface area contributed by atoms with E-state index in [0.717, 1.165) is 38.5 Å². The van der Waals surface area contributed by atoms with Crippen LogP contribution in [0.3, 0.4) is 0 Å². The van der Waals surface area contributed by atoms with Crippen molar-refractivity contribution in [1.29, 1.82) is 0 Å². The largest absolute Gasteiger partial charge is 0.481 e. The van der Waals surface area contributed by atoms with Crippen LogP contribution in [0.5, 0.6) is 0 Å². The second kappa shape index (κ2) is 6.92. The number of aliphatic hydroxyl groups is 1. The molecule has 2 N–H and O–H groups in total. The van der Waals surface area contributed by atoms with Gasteiger partial charge in [0.25, 0.3) is 0 Å². The average molecular weight is 284 g/mol. The van der Waals surface area contributed by atoms with Crippen molar-refractivity contribution >= 4 is 12.0 Å². The van der Waals surface area contributed by atoms with Crippen LogP contribution in [-0.4, -0.2) is 63.8 Å². The summed E-state index contributed by atoms with van der Waals surface area (Å²) in [5, 5.41) is 18.3. The SMILES string of the molecule is O=C(O)CCN(C(=O)N1CCCCCC1CO)C1CC1. The van der Waals surface area contributed by atoms with Crippen LogP contribution >= 0.6 is 0 Å². The van der Waals surface area contributed by atoms with E-state index in [1.807, 2.05) is 0 Å².